The molecular weight excluding hydrogens is 170 g/mol. The van der Waals surface area contributed by atoms with Crippen LogP contribution in [0.3, 0.4) is 0 Å². The quantitative estimate of drug-likeness (QED) is 0.702. The molecule has 0 amide bonds. The van der Waals surface area contributed by atoms with Gasteiger partial charge in [0.15, 0.2) is 0 Å². The number of hydrogen-bond donors (Lipinski definition) is 1. The first-order valence-corrected chi connectivity index (χ1v) is 4.09. The highest BCUT2D eigenvalue weighted by Gasteiger charge is 2.10. The van der Waals surface area contributed by atoms with E-state index in [2.05, 4.69) is 10.1 Å². The molecule has 0 spiro atoms. The van der Waals surface area contributed by atoms with Gasteiger partial charge < -0.3 is 14.5 Å². The van der Waals surface area contributed by atoms with Crippen molar-refractivity contribution in [2.45, 2.75) is 6.42 Å². The number of carbonyl (C=O) groups is 1. The summed E-state index contributed by atoms with van der Waals surface area (Å²) < 4.78 is 9.73. The third-order valence-corrected chi connectivity index (χ3v) is 1.67. The van der Waals surface area contributed by atoms with E-state index >= 15 is 0 Å². The molecule has 0 aromatic carbocycles. The van der Waals surface area contributed by atoms with Gasteiger partial charge in [-0.2, -0.15) is 0 Å². The first-order valence-electron chi connectivity index (χ1n) is 4.09. The lowest BCUT2D eigenvalue weighted by molar-refractivity contribution is 0.0563. The van der Waals surface area contributed by atoms with Gasteiger partial charge in [-0.05, 0) is 19.2 Å². The van der Waals surface area contributed by atoms with Crippen molar-refractivity contribution in [2.24, 2.45) is 0 Å². The second kappa shape index (κ2) is 4.67. The molecule has 72 valence electrons. The molecule has 1 N–H and O–H groups in total. The SMILES string of the molecule is CNCCc1ccc(C(=O)OC)o1. The Balaban J connectivity index is 2.58. The predicted molar refractivity (Wildman–Crippen MR) is 47.7 cm³/mol. The van der Waals surface area contributed by atoms with Crippen molar-refractivity contribution >= 4 is 5.97 Å². The summed E-state index contributed by atoms with van der Waals surface area (Å²) in [4.78, 5) is 11.0. The van der Waals surface area contributed by atoms with Crippen LogP contribution in [-0.4, -0.2) is 26.7 Å². The molecule has 0 fully saturated rings. The second-order valence-electron chi connectivity index (χ2n) is 2.61. The number of rotatable bonds is 4. The fourth-order valence-corrected chi connectivity index (χ4v) is 0.971. The van der Waals surface area contributed by atoms with E-state index in [0.717, 1.165) is 18.7 Å². The van der Waals surface area contributed by atoms with E-state index < -0.39 is 5.97 Å². The fraction of sp³-hybridized carbons (Fsp3) is 0.444. The zero-order valence-corrected chi connectivity index (χ0v) is 7.79. The molecule has 1 rings (SSSR count). The number of esters is 1. The first kappa shape index (κ1) is 9.80. The van der Waals surface area contributed by atoms with Crippen molar-refractivity contribution in [1.29, 1.82) is 0 Å². The Morgan fingerprint density at radius 1 is 1.62 bits per heavy atom. The number of hydrogen-bond acceptors (Lipinski definition) is 4. The van der Waals surface area contributed by atoms with Crippen LogP contribution in [0.4, 0.5) is 0 Å². The van der Waals surface area contributed by atoms with Crippen LogP contribution < -0.4 is 5.32 Å². The molecule has 0 bridgehead atoms. The highest BCUT2D eigenvalue weighted by molar-refractivity contribution is 5.86. The van der Waals surface area contributed by atoms with Gasteiger partial charge in [0.2, 0.25) is 5.76 Å². The molecule has 1 heterocycles. The maximum Gasteiger partial charge on any atom is 0.373 e. The minimum atomic E-state index is -0.435. The second-order valence-corrected chi connectivity index (χ2v) is 2.61. The summed E-state index contributed by atoms with van der Waals surface area (Å²) in [5, 5.41) is 2.99. The molecule has 1 aromatic heterocycles. The zero-order valence-electron chi connectivity index (χ0n) is 7.79. The van der Waals surface area contributed by atoms with Crippen molar-refractivity contribution < 1.29 is 13.9 Å². The summed E-state index contributed by atoms with van der Waals surface area (Å²) in [5.74, 6) is 0.610. The average molecular weight is 183 g/mol. The summed E-state index contributed by atoms with van der Waals surface area (Å²) in [7, 11) is 3.20. The molecule has 1 aromatic rings. The van der Waals surface area contributed by atoms with Crippen molar-refractivity contribution in [3.63, 3.8) is 0 Å². The van der Waals surface area contributed by atoms with E-state index in [-0.39, 0.29) is 5.76 Å². The van der Waals surface area contributed by atoms with Gasteiger partial charge in [-0.3, -0.25) is 0 Å². The van der Waals surface area contributed by atoms with Crippen LogP contribution >= 0.6 is 0 Å². The predicted octanol–water partition coefficient (Wildman–Crippen LogP) is 0.828. The van der Waals surface area contributed by atoms with Crippen molar-refractivity contribution in [1.82, 2.24) is 5.32 Å². The Hall–Kier alpha value is -1.29. The molecule has 0 aliphatic heterocycles. The number of furan rings is 1. The minimum absolute atomic E-state index is 0.258. The topological polar surface area (TPSA) is 51.5 Å². The van der Waals surface area contributed by atoms with Crippen LogP contribution in [0, 0.1) is 0 Å². The van der Waals surface area contributed by atoms with Crippen molar-refractivity contribution in [3.05, 3.63) is 23.7 Å². The number of likely N-dealkylation sites (N-methyl/N-ethyl adjacent to an activating group) is 1. The van der Waals surface area contributed by atoms with Crippen molar-refractivity contribution in [2.75, 3.05) is 20.7 Å². The number of carbonyl (C=O) groups excluding carboxylic acids is 1. The lowest BCUT2D eigenvalue weighted by Crippen LogP contribution is -2.09. The van der Waals surface area contributed by atoms with E-state index in [0.29, 0.717) is 0 Å². The molecule has 0 unspecified atom stereocenters. The van der Waals surface area contributed by atoms with E-state index in [1.54, 1.807) is 12.1 Å². The summed E-state index contributed by atoms with van der Waals surface area (Å²) in [6, 6.07) is 3.40. The Morgan fingerprint density at radius 2 is 2.38 bits per heavy atom. The van der Waals surface area contributed by atoms with Crippen LogP contribution in [0.15, 0.2) is 16.5 Å². The van der Waals surface area contributed by atoms with Crippen LogP contribution in [0.25, 0.3) is 0 Å². The third-order valence-electron chi connectivity index (χ3n) is 1.67. The molecular formula is C9H13NO3. The maximum absolute atomic E-state index is 11.0. The maximum atomic E-state index is 11.0. The summed E-state index contributed by atoms with van der Waals surface area (Å²) >= 11 is 0. The molecule has 0 aliphatic rings. The monoisotopic (exact) mass is 183 g/mol. The Bertz CT molecular complexity index is 280. The highest BCUT2D eigenvalue weighted by atomic mass is 16.5. The molecule has 4 nitrogen and oxygen atoms in total. The van der Waals surface area contributed by atoms with Gasteiger partial charge in [0.05, 0.1) is 7.11 Å². The van der Waals surface area contributed by atoms with Crippen LogP contribution in [0.2, 0.25) is 0 Å². The lowest BCUT2D eigenvalue weighted by atomic mass is 10.3. The summed E-state index contributed by atoms with van der Waals surface area (Å²) in [6.45, 7) is 0.828. The summed E-state index contributed by atoms with van der Waals surface area (Å²) in [6.07, 6.45) is 0.771. The average Bonchev–Trinajstić information content (AvgIpc) is 2.62. The number of nitrogens with one attached hydrogen (secondary N) is 1. The molecule has 0 saturated heterocycles. The first-order chi connectivity index (χ1) is 6.27. The van der Waals surface area contributed by atoms with Gasteiger partial charge in [-0.15, -0.1) is 0 Å². The number of ether oxygens (including phenoxy) is 1. The number of methoxy groups -OCH3 is 1. The van der Waals surface area contributed by atoms with Crippen molar-refractivity contribution in [3.8, 4) is 0 Å². The van der Waals surface area contributed by atoms with Gasteiger partial charge >= 0.3 is 5.97 Å². The van der Waals surface area contributed by atoms with Gasteiger partial charge in [-0.25, -0.2) is 4.79 Å². The largest absolute Gasteiger partial charge is 0.463 e. The lowest BCUT2D eigenvalue weighted by Gasteiger charge is -1.95. The van der Waals surface area contributed by atoms with E-state index in [1.807, 2.05) is 7.05 Å². The minimum Gasteiger partial charge on any atom is -0.463 e. The molecule has 0 saturated carbocycles. The molecule has 4 heteroatoms. The molecule has 0 aliphatic carbocycles. The van der Waals surface area contributed by atoms with Gasteiger partial charge in [0.1, 0.15) is 5.76 Å². The third kappa shape index (κ3) is 2.59. The van der Waals surface area contributed by atoms with Gasteiger partial charge in [-0.1, -0.05) is 0 Å². The van der Waals surface area contributed by atoms with E-state index in [1.165, 1.54) is 7.11 Å². The molecule has 0 atom stereocenters. The standard InChI is InChI=1S/C9H13NO3/c1-10-6-5-7-3-4-8(13-7)9(11)12-2/h3-4,10H,5-6H2,1-2H3. The zero-order chi connectivity index (χ0) is 9.68. The normalized spacial score (nSPS) is 10.0. The Kier molecular flexibility index (Phi) is 3.52. The van der Waals surface area contributed by atoms with Gasteiger partial charge in [0, 0.05) is 13.0 Å². The van der Waals surface area contributed by atoms with Crippen LogP contribution in [0.5, 0.6) is 0 Å². The van der Waals surface area contributed by atoms with E-state index in [9.17, 15) is 4.79 Å². The molecule has 13 heavy (non-hydrogen) atoms. The highest BCUT2D eigenvalue weighted by Crippen LogP contribution is 2.08. The van der Waals surface area contributed by atoms with Crippen LogP contribution in [-0.2, 0) is 11.2 Å². The van der Waals surface area contributed by atoms with Gasteiger partial charge in [0.25, 0.3) is 0 Å². The smallest absolute Gasteiger partial charge is 0.373 e. The molecule has 0 radical (unpaired) electrons. The fourth-order valence-electron chi connectivity index (χ4n) is 0.971. The Labute approximate surface area is 76.9 Å². The van der Waals surface area contributed by atoms with E-state index in [4.69, 9.17) is 4.42 Å². The summed E-state index contributed by atoms with van der Waals surface area (Å²) in [5.41, 5.74) is 0. The Morgan fingerprint density at radius 3 is 3.00 bits per heavy atom. The van der Waals surface area contributed by atoms with Crippen LogP contribution in [0.1, 0.15) is 16.3 Å².